The van der Waals surface area contributed by atoms with Crippen molar-refractivity contribution in [3.05, 3.63) is 0 Å². The quantitative estimate of drug-likeness (QED) is 0.107. The van der Waals surface area contributed by atoms with E-state index in [0.29, 0.717) is 18.0 Å². The molecule has 0 spiro atoms. The molecule has 3 nitrogen and oxygen atoms in total. The molecule has 164 valence electrons. The summed E-state index contributed by atoms with van der Waals surface area (Å²) in [6.45, 7) is 11.8. The molecule has 0 N–H and O–H groups in total. The number of quaternary nitrogens is 1. The highest BCUT2D eigenvalue weighted by Crippen LogP contribution is 2.16. The molecule has 0 saturated carbocycles. The van der Waals surface area contributed by atoms with Gasteiger partial charge in [0.05, 0.1) is 0 Å². The van der Waals surface area contributed by atoms with Gasteiger partial charge in [-0.1, -0.05) is 96.8 Å². The van der Waals surface area contributed by atoms with Gasteiger partial charge in [0.15, 0.2) is 0 Å². The third-order valence-electron chi connectivity index (χ3n) is 5.56. The molecule has 0 atom stereocenters. The molecule has 27 heavy (non-hydrogen) atoms. The van der Waals surface area contributed by atoms with Crippen LogP contribution in [0.4, 0.5) is 0 Å². The predicted molar refractivity (Wildman–Crippen MR) is 118 cm³/mol. The maximum atomic E-state index is 5.86. The third kappa shape index (κ3) is 16.5. The molecular weight excluding hydrogens is 334 g/mol. The lowest BCUT2D eigenvalue weighted by Gasteiger charge is -2.30. The summed E-state index contributed by atoms with van der Waals surface area (Å²) in [6, 6.07) is 0. The number of rotatable bonds is 22. The van der Waals surface area contributed by atoms with Crippen LogP contribution in [0, 0.1) is 0 Å². The molecule has 0 fully saturated rings. The van der Waals surface area contributed by atoms with Crippen molar-refractivity contribution < 1.29 is 14.5 Å². The first-order chi connectivity index (χ1) is 13.2. The molecule has 0 aromatic carbocycles. The van der Waals surface area contributed by atoms with E-state index in [1.54, 1.807) is 0 Å². The summed E-state index contributed by atoms with van der Waals surface area (Å²) in [4.78, 5) is 12.1. The van der Waals surface area contributed by atoms with Crippen LogP contribution in [0.5, 0.6) is 0 Å². The van der Waals surface area contributed by atoms with Crippen molar-refractivity contribution in [1.82, 2.24) is 0 Å². The lowest BCUT2D eigenvalue weighted by atomic mass is 10.0. The van der Waals surface area contributed by atoms with Gasteiger partial charge < -0.3 is 0 Å². The zero-order valence-electron chi connectivity index (χ0n) is 19.4. The van der Waals surface area contributed by atoms with Crippen molar-refractivity contribution in [3.63, 3.8) is 0 Å². The van der Waals surface area contributed by atoms with Crippen LogP contribution in [0.3, 0.4) is 0 Å². The highest BCUT2D eigenvalue weighted by atomic mass is 17.0. The highest BCUT2D eigenvalue weighted by Gasteiger charge is 2.28. The zero-order valence-corrected chi connectivity index (χ0v) is 19.4. The average molecular weight is 387 g/mol. The fourth-order valence-electron chi connectivity index (χ4n) is 3.88. The SMILES string of the molecule is CCCCCCCCCCCCCCCCCC[N+](CC)(OCC)OCC. The minimum atomic E-state index is 0.381. The monoisotopic (exact) mass is 386 g/mol. The molecule has 0 amide bonds. The van der Waals surface area contributed by atoms with E-state index in [1.165, 1.54) is 103 Å². The van der Waals surface area contributed by atoms with Gasteiger partial charge in [-0.3, -0.25) is 0 Å². The van der Waals surface area contributed by atoms with Gasteiger partial charge in [0.2, 0.25) is 0 Å². The largest absolute Gasteiger partial charge is 0.168 e. The van der Waals surface area contributed by atoms with Crippen molar-refractivity contribution in [2.24, 2.45) is 0 Å². The van der Waals surface area contributed by atoms with Gasteiger partial charge in [-0.2, -0.15) is 9.68 Å². The van der Waals surface area contributed by atoms with Gasteiger partial charge in [0.1, 0.15) is 26.3 Å². The Morgan fingerprint density at radius 2 is 0.778 bits per heavy atom. The lowest BCUT2D eigenvalue weighted by molar-refractivity contribution is -1.25. The smallest absolute Gasteiger partial charge is 0.142 e. The second-order valence-corrected chi connectivity index (χ2v) is 7.99. The third-order valence-corrected chi connectivity index (χ3v) is 5.56. The Balaban J connectivity index is 3.37. The van der Waals surface area contributed by atoms with Crippen molar-refractivity contribution in [3.8, 4) is 0 Å². The molecule has 0 heterocycles. The van der Waals surface area contributed by atoms with Gasteiger partial charge in [-0.25, -0.2) is 0 Å². The van der Waals surface area contributed by atoms with Gasteiger partial charge >= 0.3 is 0 Å². The molecule has 0 bridgehead atoms. The Morgan fingerprint density at radius 3 is 1.07 bits per heavy atom. The van der Waals surface area contributed by atoms with Crippen molar-refractivity contribution >= 4 is 0 Å². The van der Waals surface area contributed by atoms with Gasteiger partial charge in [0.25, 0.3) is 0 Å². The molecule has 3 heteroatoms. The Kier molecular flexibility index (Phi) is 20.5. The van der Waals surface area contributed by atoms with Crippen molar-refractivity contribution in [1.29, 1.82) is 0 Å². The van der Waals surface area contributed by atoms with Crippen LogP contribution in [-0.4, -0.2) is 31.1 Å². The Labute approximate surface area is 171 Å². The number of unbranched alkanes of at least 4 members (excludes halogenated alkanes) is 15. The second kappa shape index (κ2) is 20.6. The number of hydrogen-bond acceptors (Lipinski definition) is 2. The second-order valence-electron chi connectivity index (χ2n) is 7.99. The average Bonchev–Trinajstić information content (AvgIpc) is 2.68. The molecule has 0 rings (SSSR count). The minimum Gasteiger partial charge on any atom is -0.168 e. The minimum absolute atomic E-state index is 0.381. The molecule has 0 radical (unpaired) electrons. The summed E-state index contributed by atoms with van der Waals surface area (Å²) >= 11 is 0. The first-order valence-electron chi connectivity index (χ1n) is 12.4. The highest BCUT2D eigenvalue weighted by molar-refractivity contribution is 4.49. The van der Waals surface area contributed by atoms with E-state index < -0.39 is 0 Å². The van der Waals surface area contributed by atoms with Crippen molar-refractivity contribution in [2.75, 3.05) is 26.3 Å². The van der Waals surface area contributed by atoms with E-state index in [0.717, 1.165) is 13.1 Å². The Hall–Kier alpha value is -0.120. The molecular formula is C24H52NO2+. The Bertz CT molecular complexity index is 278. The van der Waals surface area contributed by atoms with Gasteiger partial charge in [0, 0.05) is 6.42 Å². The van der Waals surface area contributed by atoms with E-state index in [-0.39, 0.29) is 0 Å². The molecule has 0 saturated heterocycles. The first kappa shape index (κ1) is 26.9. The van der Waals surface area contributed by atoms with Crippen LogP contribution in [-0.2, 0) is 9.68 Å². The summed E-state index contributed by atoms with van der Waals surface area (Å²) in [5.74, 6) is 0. The maximum absolute atomic E-state index is 5.86. The van der Waals surface area contributed by atoms with E-state index in [2.05, 4.69) is 27.7 Å². The fraction of sp³-hybridized carbons (Fsp3) is 1.00. The standard InChI is InChI=1S/C24H52NO2/c1-5-9-10-11-12-13-14-15-16-17-18-19-20-21-22-23-24-25(6-2,26-7-3)27-8-4/h5-24H2,1-4H3/q+1. The van der Waals surface area contributed by atoms with E-state index in [1.807, 2.05) is 0 Å². The molecule has 0 aliphatic heterocycles. The zero-order chi connectivity index (χ0) is 20.1. The maximum Gasteiger partial charge on any atom is 0.142 e. The molecule has 0 aliphatic rings. The van der Waals surface area contributed by atoms with Crippen LogP contribution in [0.25, 0.3) is 0 Å². The summed E-state index contributed by atoms with van der Waals surface area (Å²) in [5.41, 5.74) is 0. The van der Waals surface area contributed by atoms with Crippen LogP contribution >= 0.6 is 0 Å². The van der Waals surface area contributed by atoms with Crippen LogP contribution in [0.2, 0.25) is 0 Å². The summed E-state index contributed by atoms with van der Waals surface area (Å²) < 4.78 is 0. The van der Waals surface area contributed by atoms with Crippen LogP contribution in [0.15, 0.2) is 0 Å². The molecule has 0 aromatic rings. The molecule has 0 aliphatic carbocycles. The summed E-state index contributed by atoms with van der Waals surface area (Å²) in [6.07, 6.45) is 22.6. The van der Waals surface area contributed by atoms with Crippen molar-refractivity contribution in [2.45, 2.75) is 130 Å². The van der Waals surface area contributed by atoms with E-state index >= 15 is 0 Å². The molecule has 0 aromatic heterocycles. The van der Waals surface area contributed by atoms with E-state index in [4.69, 9.17) is 9.68 Å². The number of nitrogens with zero attached hydrogens (tertiary/aromatic N) is 1. The topological polar surface area (TPSA) is 18.5 Å². The van der Waals surface area contributed by atoms with Crippen LogP contribution < -0.4 is 0 Å². The lowest BCUT2D eigenvalue weighted by Crippen LogP contribution is -2.48. The summed E-state index contributed by atoms with van der Waals surface area (Å²) in [7, 11) is 0. The molecule has 0 unspecified atom stereocenters. The number of hydrogen-bond donors (Lipinski definition) is 0. The van der Waals surface area contributed by atoms with E-state index in [9.17, 15) is 0 Å². The normalized spacial score (nSPS) is 12.0. The Morgan fingerprint density at radius 1 is 0.444 bits per heavy atom. The van der Waals surface area contributed by atoms with Gasteiger partial charge in [-0.05, 0) is 32.0 Å². The number of hydroxylamine groups is 4. The van der Waals surface area contributed by atoms with Gasteiger partial charge in [-0.15, -0.1) is 0 Å². The summed E-state index contributed by atoms with van der Waals surface area (Å²) in [5, 5.41) is 0. The van der Waals surface area contributed by atoms with Crippen LogP contribution in [0.1, 0.15) is 130 Å². The predicted octanol–water partition coefficient (Wildman–Crippen LogP) is 7.99. The fourth-order valence-corrected chi connectivity index (χ4v) is 3.88. The first-order valence-corrected chi connectivity index (χ1v) is 12.4.